The lowest BCUT2D eigenvalue weighted by Gasteiger charge is -2.43. The first-order chi connectivity index (χ1) is 8.99. The number of rotatable bonds is 8. The average Bonchev–Trinajstić information content (AvgIpc) is 2.34. The number of hydrogen-bond acceptors (Lipinski definition) is 3. The van der Waals surface area contributed by atoms with Gasteiger partial charge in [-0.25, -0.2) is 0 Å². The Kier molecular flexibility index (Phi) is 7.33. The summed E-state index contributed by atoms with van der Waals surface area (Å²) in [5.74, 6) is 0.874. The number of nitrogens with one attached hydrogen (secondary N) is 1. The van der Waals surface area contributed by atoms with Crippen molar-refractivity contribution in [3.8, 4) is 0 Å². The van der Waals surface area contributed by atoms with Gasteiger partial charge in [-0.15, -0.1) is 0 Å². The van der Waals surface area contributed by atoms with Gasteiger partial charge in [0.25, 0.3) is 0 Å². The molecule has 1 aliphatic rings. The van der Waals surface area contributed by atoms with Crippen LogP contribution in [0.15, 0.2) is 0 Å². The van der Waals surface area contributed by atoms with Crippen molar-refractivity contribution in [3.63, 3.8) is 0 Å². The molecule has 0 aromatic heterocycles. The molecule has 0 bridgehead atoms. The number of hydrogen-bond donors (Lipinski definition) is 1. The van der Waals surface area contributed by atoms with E-state index in [0.717, 1.165) is 25.6 Å². The van der Waals surface area contributed by atoms with Crippen molar-refractivity contribution >= 4 is 0 Å². The van der Waals surface area contributed by atoms with Crippen LogP contribution >= 0.6 is 0 Å². The zero-order chi connectivity index (χ0) is 14.3. The Bertz CT molecular complexity index is 245. The number of ether oxygens (including phenoxy) is 1. The second-order valence-corrected chi connectivity index (χ2v) is 6.88. The van der Waals surface area contributed by atoms with E-state index in [9.17, 15) is 0 Å². The third-order valence-electron chi connectivity index (χ3n) is 4.63. The van der Waals surface area contributed by atoms with Gasteiger partial charge in [0.2, 0.25) is 0 Å². The van der Waals surface area contributed by atoms with Crippen molar-refractivity contribution in [2.45, 2.75) is 52.5 Å². The molecule has 1 rings (SSSR count). The van der Waals surface area contributed by atoms with Crippen LogP contribution in [-0.4, -0.2) is 51.3 Å². The Balaban J connectivity index is 2.56. The molecule has 3 nitrogen and oxygen atoms in total. The van der Waals surface area contributed by atoms with Crippen LogP contribution in [0.1, 0.15) is 46.5 Å². The smallest absolute Gasteiger partial charge is 0.0587 e. The summed E-state index contributed by atoms with van der Waals surface area (Å²) in [6.45, 7) is 11.1. The molecule has 0 amide bonds. The molecule has 0 aliphatic heterocycles. The van der Waals surface area contributed by atoms with E-state index in [2.05, 4.69) is 38.0 Å². The highest BCUT2D eigenvalue weighted by molar-refractivity contribution is 4.90. The van der Waals surface area contributed by atoms with Crippen LogP contribution in [0.2, 0.25) is 0 Å². The summed E-state index contributed by atoms with van der Waals surface area (Å²) < 4.78 is 5.13. The fourth-order valence-corrected chi connectivity index (χ4v) is 3.37. The zero-order valence-corrected chi connectivity index (χ0v) is 13.7. The van der Waals surface area contributed by atoms with Gasteiger partial charge in [0.1, 0.15) is 0 Å². The van der Waals surface area contributed by atoms with Crippen LogP contribution in [-0.2, 0) is 4.74 Å². The topological polar surface area (TPSA) is 24.5 Å². The first-order valence-corrected chi connectivity index (χ1v) is 7.89. The highest BCUT2D eigenvalue weighted by Crippen LogP contribution is 2.39. The molecule has 2 atom stereocenters. The molecule has 1 saturated carbocycles. The summed E-state index contributed by atoms with van der Waals surface area (Å²) in [4.78, 5) is 2.51. The molecular weight excluding hydrogens is 236 g/mol. The summed E-state index contributed by atoms with van der Waals surface area (Å²) >= 11 is 0. The molecule has 1 N–H and O–H groups in total. The summed E-state index contributed by atoms with van der Waals surface area (Å²) in [5.41, 5.74) is 0.463. The molecule has 114 valence electrons. The second kappa shape index (κ2) is 8.23. The molecule has 19 heavy (non-hydrogen) atoms. The lowest BCUT2D eigenvalue weighted by molar-refractivity contribution is 0.0769. The number of nitrogens with zero attached hydrogens (tertiary/aromatic N) is 1. The van der Waals surface area contributed by atoms with Crippen LogP contribution < -0.4 is 5.32 Å². The normalized spacial score (nSPS) is 28.3. The Morgan fingerprint density at radius 2 is 2.16 bits per heavy atom. The van der Waals surface area contributed by atoms with Crippen LogP contribution in [0.25, 0.3) is 0 Å². The van der Waals surface area contributed by atoms with Crippen LogP contribution in [0.3, 0.4) is 0 Å². The van der Waals surface area contributed by atoms with Crippen LogP contribution in [0.4, 0.5) is 0 Å². The first kappa shape index (κ1) is 16.9. The Hall–Kier alpha value is -0.120. The maximum absolute atomic E-state index is 5.13. The van der Waals surface area contributed by atoms with Gasteiger partial charge >= 0.3 is 0 Å². The van der Waals surface area contributed by atoms with Gasteiger partial charge in [0, 0.05) is 32.8 Å². The van der Waals surface area contributed by atoms with Gasteiger partial charge in [-0.05, 0) is 45.1 Å². The van der Waals surface area contributed by atoms with Crippen molar-refractivity contribution in [1.82, 2.24) is 10.2 Å². The van der Waals surface area contributed by atoms with E-state index in [0.29, 0.717) is 11.5 Å². The minimum Gasteiger partial charge on any atom is -0.383 e. The van der Waals surface area contributed by atoms with Crippen molar-refractivity contribution in [3.05, 3.63) is 0 Å². The average molecular weight is 270 g/mol. The van der Waals surface area contributed by atoms with Crippen molar-refractivity contribution < 1.29 is 4.74 Å². The van der Waals surface area contributed by atoms with E-state index < -0.39 is 0 Å². The highest BCUT2D eigenvalue weighted by Gasteiger charge is 2.35. The zero-order valence-electron chi connectivity index (χ0n) is 13.7. The summed E-state index contributed by atoms with van der Waals surface area (Å²) in [6.07, 6.45) is 5.53. The minimum atomic E-state index is 0.463. The Morgan fingerprint density at radius 1 is 1.42 bits per heavy atom. The molecule has 1 fully saturated rings. The molecule has 2 unspecified atom stereocenters. The number of methoxy groups -OCH3 is 1. The fraction of sp³-hybridized carbons (Fsp3) is 1.00. The lowest BCUT2D eigenvalue weighted by atomic mass is 9.69. The molecule has 0 aromatic carbocycles. The third kappa shape index (κ3) is 5.80. The van der Waals surface area contributed by atoms with Crippen LogP contribution in [0, 0.1) is 11.3 Å². The van der Waals surface area contributed by atoms with Gasteiger partial charge in [0.05, 0.1) is 6.61 Å². The monoisotopic (exact) mass is 270 g/mol. The largest absolute Gasteiger partial charge is 0.383 e. The molecule has 1 aliphatic carbocycles. The predicted molar refractivity (Wildman–Crippen MR) is 82.6 cm³/mol. The van der Waals surface area contributed by atoms with Gasteiger partial charge in [-0.2, -0.15) is 0 Å². The quantitative estimate of drug-likeness (QED) is 0.686. The van der Waals surface area contributed by atoms with E-state index in [1.54, 1.807) is 7.11 Å². The maximum Gasteiger partial charge on any atom is 0.0587 e. The minimum absolute atomic E-state index is 0.463. The third-order valence-corrected chi connectivity index (χ3v) is 4.63. The predicted octanol–water partition coefficient (Wildman–Crippen LogP) is 2.76. The standard InChI is InChI=1S/C16H34N2O/c1-14(2)18(4)13-16(12-17-9-10-19-5)8-6-7-15(3)11-16/h14-15,17H,6-13H2,1-5H3. The van der Waals surface area contributed by atoms with E-state index in [4.69, 9.17) is 4.74 Å². The molecule has 3 heteroatoms. The SMILES string of the molecule is COCCNCC1(CN(C)C(C)C)CCCC(C)C1. The molecule has 0 radical (unpaired) electrons. The van der Waals surface area contributed by atoms with E-state index >= 15 is 0 Å². The van der Waals surface area contributed by atoms with Crippen LogP contribution in [0.5, 0.6) is 0 Å². The fourth-order valence-electron chi connectivity index (χ4n) is 3.37. The lowest BCUT2D eigenvalue weighted by Crippen LogP contribution is -2.47. The molecular formula is C16H34N2O. The van der Waals surface area contributed by atoms with Crippen molar-refractivity contribution in [1.29, 1.82) is 0 Å². The van der Waals surface area contributed by atoms with E-state index in [-0.39, 0.29) is 0 Å². The molecule has 0 aromatic rings. The van der Waals surface area contributed by atoms with Gasteiger partial charge in [-0.1, -0.05) is 19.8 Å². The summed E-state index contributed by atoms with van der Waals surface area (Å²) in [6, 6.07) is 0.632. The van der Waals surface area contributed by atoms with Gasteiger partial charge in [-0.3, -0.25) is 0 Å². The van der Waals surface area contributed by atoms with E-state index in [1.807, 2.05) is 0 Å². The van der Waals surface area contributed by atoms with E-state index in [1.165, 1.54) is 32.2 Å². The van der Waals surface area contributed by atoms with Crippen molar-refractivity contribution in [2.75, 3.05) is 40.4 Å². The molecule has 0 spiro atoms. The van der Waals surface area contributed by atoms with Gasteiger partial charge in [0.15, 0.2) is 0 Å². The molecule has 0 heterocycles. The summed E-state index contributed by atoms with van der Waals surface area (Å²) in [7, 11) is 4.04. The molecule has 0 saturated heterocycles. The summed E-state index contributed by atoms with van der Waals surface area (Å²) in [5, 5.41) is 3.61. The van der Waals surface area contributed by atoms with Crippen molar-refractivity contribution in [2.24, 2.45) is 11.3 Å². The highest BCUT2D eigenvalue weighted by atomic mass is 16.5. The Morgan fingerprint density at radius 3 is 2.74 bits per heavy atom. The Labute approximate surface area is 120 Å². The second-order valence-electron chi connectivity index (χ2n) is 6.88. The maximum atomic E-state index is 5.13. The first-order valence-electron chi connectivity index (χ1n) is 7.89. The van der Waals surface area contributed by atoms with Gasteiger partial charge < -0.3 is 15.0 Å².